The Labute approximate surface area is 126 Å². The predicted octanol–water partition coefficient (Wildman–Crippen LogP) is 2.60. The highest BCUT2D eigenvalue weighted by Crippen LogP contribution is 2.19. The molecule has 2 rings (SSSR count). The molecule has 0 aliphatic rings. The van der Waals surface area contributed by atoms with Gasteiger partial charge in [0.15, 0.2) is 0 Å². The predicted molar refractivity (Wildman–Crippen MR) is 86.9 cm³/mol. The zero-order valence-electron chi connectivity index (χ0n) is 13.4. The highest BCUT2D eigenvalue weighted by Gasteiger charge is 2.12. The Kier molecular flexibility index (Phi) is 4.73. The number of hydrogen-bond acceptors (Lipinski definition) is 5. The van der Waals surface area contributed by atoms with Crippen LogP contribution in [0.1, 0.15) is 23.7 Å². The zero-order chi connectivity index (χ0) is 15.4. The van der Waals surface area contributed by atoms with Crippen molar-refractivity contribution in [1.29, 1.82) is 0 Å². The molecule has 0 aliphatic heterocycles. The van der Waals surface area contributed by atoms with Crippen LogP contribution in [0.5, 0.6) is 0 Å². The monoisotopic (exact) mass is 285 g/mol. The molecule has 21 heavy (non-hydrogen) atoms. The fourth-order valence-corrected chi connectivity index (χ4v) is 2.11. The molecule has 0 aromatic carbocycles. The van der Waals surface area contributed by atoms with Crippen LogP contribution in [-0.2, 0) is 6.42 Å². The van der Waals surface area contributed by atoms with Crippen molar-refractivity contribution < 1.29 is 0 Å². The van der Waals surface area contributed by atoms with Gasteiger partial charge in [0.25, 0.3) is 0 Å². The second-order valence-electron chi connectivity index (χ2n) is 5.59. The average Bonchev–Trinajstić information content (AvgIpc) is 2.44. The smallest absolute Gasteiger partial charge is 0.227 e. The molecule has 112 valence electrons. The summed E-state index contributed by atoms with van der Waals surface area (Å²) in [6.07, 6.45) is 4.61. The van der Waals surface area contributed by atoms with Gasteiger partial charge in [-0.3, -0.25) is 4.98 Å². The van der Waals surface area contributed by atoms with Gasteiger partial charge in [0.2, 0.25) is 5.95 Å². The van der Waals surface area contributed by atoms with E-state index in [0.29, 0.717) is 0 Å². The van der Waals surface area contributed by atoms with Crippen LogP contribution in [-0.4, -0.2) is 35.1 Å². The first-order chi connectivity index (χ1) is 9.97. The van der Waals surface area contributed by atoms with Gasteiger partial charge in [0.1, 0.15) is 5.82 Å². The zero-order valence-corrected chi connectivity index (χ0v) is 13.4. The van der Waals surface area contributed by atoms with Gasteiger partial charge in [-0.25, -0.2) is 4.98 Å². The number of hydrogen-bond donors (Lipinski definition) is 1. The van der Waals surface area contributed by atoms with Crippen molar-refractivity contribution in [2.45, 2.75) is 33.2 Å². The van der Waals surface area contributed by atoms with Gasteiger partial charge in [-0.2, -0.15) is 4.98 Å². The van der Waals surface area contributed by atoms with Crippen LogP contribution >= 0.6 is 0 Å². The van der Waals surface area contributed by atoms with E-state index in [9.17, 15) is 0 Å². The highest BCUT2D eigenvalue weighted by molar-refractivity contribution is 5.50. The topological polar surface area (TPSA) is 53.9 Å². The van der Waals surface area contributed by atoms with Gasteiger partial charge >= 0.3 is 0 Å². The van der Waals surface area contributed by atoms with Crippen molar-refractivity contribution in [3.05, 3.63) is 41.3 Å². The normalized spacial score (nSPS) is 12.0. The van der Waals surface area contributed by atoms with E-state index in [1.165, 1.54) is 5.56 Å². The molecule has 5 heteroatoms. The number of aromatic nitrogens is 3. The Hall–Kier alpha value is -2.17. The van der Waals surface area contributed by atoms with Crippen LogP contribution in [0.3, 0.4) is 0 Å². The molecule has 0 radical (unpaired) electrons. The fraction of sp³-hybridized carbons (Fsp3) is 0.438. The summed E-state index contributed by atoms with van der Waals surface area (Å²) < 4.78 is 0. The van der Waals surface area contributed by atoms with Crippen molar-refractivity contribution in [2.24, 2.45) is 0 Å². The molecule has 1 N–H and O–H groups in total. The van der Waals surface area contributed by atoms with Crippen molar-refractivity contribution in [3.63, 3.8) is 0 Å². The minimum absolute atomic E-state index is 0.275. The van der Waals surface area contributed by atoms with Gasteiger partial charge in [-0.1, -0.05) is 6.07 Å². The lowest BCUT2D eigenvalue weighted by atomic mass is 10.1. The van der Waals surface area contributed by atoms with Crippen LogP contribution in [0.4, 0.5) is 11.8 Å². The van der Waals surface area contributed by atoms with E-state index >= 15 is 0 Å². The van der Waals surface area contributed by atoms with E-state index in [2.05, 4.69) is 33.3 Å². The minimum atomic E-state index is 0.275. The first kappa shape index (κ1) is 15.2. The third-order valence-electron chi connectivity index (χ3n) is 3.43. The Balaban J connectivity index is 2.15. The average molecular weight is 285 g/mol. The largest absolute Gasteiger partial charge is 0.367 e. The van der Waals surface area contributed by atoms with Crippen molar-refractivity contribution in [3.8, 4) is 0 Å². The molecule has 0 saturated carbocycles. The van der Waals surface area contributed by atoms with Crippen LogP contribution in [0.25, 0.3) is 0 Å². The molecule has 0 saturated heterocycles. The summed E-state index contributed by atoms with van der Waals surface area (Å²) in [6, 6.07) is 4.33. The molecule has 5 nitrogen and oxygen atoms in total. The van der Waals surface area contributed by atoms with Gasteiger partial charge in [0, 0.05) is 43.8 Å². The maximum absolute atomic E-state index is 4.60. The Morgan fingerprint density at radius 1 is 1.24 bits per heavy atom. The molecule has 0 unspecified atom stereocenters. The summed E-state index contributed by atoms with van der Waals surface area (Å²) in [5.74, 6) is 1.64. The molecular formula is C16H23N5. The number of nitrogens with zero attached hydrogens (tertiary/aromatic N) is 4. The van der Waals surface area contributed by atoms with Crippen LogP contribution in [0.15, 0.2) is 24.5 Å². The summed E-state index contributed by atoms with van der Waals surface area (Å²) in [6.45, 7) is 6.22. The Morgan fingerprint density at radius 3 is 2.62 bits per heavy atom. The van der Waals surface area contributed by atoms with Gasteiger partial charge in [-0.05, 0) is 38.8 Å². The van der Waals surface area contributed by atoms with Gasteiger partial charge in [0.05, 0.1) is 0 Å². The standard InChI is InChI=1S/C16H23N5/c1-11(9-14-7-6-8-17-10-14)18-15-12(2)13(3)19-16(20-15)21(4)5/h6-8,10-11H,9H2,1-5H3,(H,18,19,20)/t11-/m1/s1. The Bertz CT molecular complexity index is 595. The van der Waals surface area contributed by atoms with Gasteiger partial charge in [-0.15, -0.1) is 0 Å². The number of nitrogens with one attached hydrogen (secondary N) is 1. The highest BCUT2D eigenvalue weighted by atomic mass is 15.2. The summed E-state index contributed by atoms with van der Waals surface area (Å²) in [7, 11) is 3.90. The molecule has 0 spiro atoms. The third-order valence-corrected chi connectivity index (χ3v) is 3.43. The van der Waals surface area contributed by atoms with E-state index in [-0.39, 0.29) is 6.04 Å². The molecule has 2 heterocycles. The number of aryl methyl sites for hydroxylation is 1. The van der Waals surface area contributed by atoms with Crippen molar-refractivity contribution in [1.82, 2.24) is 15.0 Å². The second-order valence-corrected chi connectivity index (χ2v) is 5.59. The Morgan fingerprint density at radius 2 is 2.00 bits per heavy atom. The lowest BCUT2D eigenvalue weighted by molar-refractivity contribution is 0.776. The van der Waals surface area contributed by atoms with Crippen LogP contribution in [0, 0.1) is 13.8 Å². The van der Waals surface area contributed by atoms with Crippen LogP contribution < -0.4 is 10.2 Å². The first-order valence-electron chi connectivity index (χ1n) is 7.15. The van der Waals surface area contributed by atoms with Crippen molar-refractivity contribution >= 4 is 11.8 Å². The number of pyridine rings is 1. The first-order valence-corrected chi connectivity index (χ1v) is 7.15. The lowest BCUT2D eigenvalue weighted by Gasteiger charge is -2.19. The van der Waals surface area contributed by atoms with Gasteiger partial charge < -0.3 is 10.2 Å². The molecule has 1 atom stereocenters. The maximum atomic E-state index is 4.60. The van der Waals surface area contributed by atoms with Crippen molar-refractivity contribution in [2.75, 3.05) is 24.3 Å². The quantitative estimate of drug-likeness (QED) is 0.915. The third kappa shape index (κ3) is 3.90. The molecular weight excluding hydrogens is 262 g/mol. The van der Waals surface area contributed by atoms with E-state index in [1.807, 2.05) is 45.1 Å². The van der Waals surface area contributed by atoms with Crippen LogP contribution in [0.2, 0.25) is 0 Å². The fourth-order valence-electron chi connectivity index (χ4n) is 2.11. The maximum Gasteiger partial charge on any atom is 0.227 e. The number of anilines is 2. The lowest BCUT2D eigenvalue weighted by Crippen LogP contribution is -2.22. The SMILES string of the molecule is Cc1nc(N(C)C)nc(N[C@H](C)Cc2cccnc2)c1C. The molecule has 2 aromatic heterocycles. The molecule has 0 bridgehead atoms. The van der Waals surface area contributed by atoms with E-state index < -0.39 is 0 Å². The minimum Gasteiger partial charge on any atom is -0.367 e. The number of rotatable bonds is 5. The summed E-state index contributed by atoms with van der Waals surface area (Å²) in [5.41, 5.74) is 3.32. The molecule has 2 aromatic rings. The summed E-state index contributed by atoms with van der Waals surface area (Å²) in [4.78, 5) is 15.2. The molecule has 0 fully saturated rings. The summed E-state index contributed by atoms with van der Waals surface area (Å²) in [5, 5.41) is 3.49. The second kappa shape index (κ2) is 6.52. The van der Waals surface area contributed by atoms with E-state index in [4.69, 9.17) is 0 Å². The molecule has 0 aliphatic carbocycles. The van der Waals surface area contributed by atoms with E-state index in [0.717, 1.165) is 29.4 Å². The summed E-state index contributed by atoms with van der Waals surface area (Å²) >= 11 is 0. The van der Waals surface area contributed by atoms with E-state index in [1.54, 1.807) is 6.20 Å². The molecule has 0 amide bonds.